The highest BCUT2D eigenvalue weighted by Gasteiger charge is 2.59. The van der Waals surface area contributed by atoms with Crippen LogP contribution in [0.2, 0.25) is 0 Å². The number of fused-ring (bicyclic) bond motifs is 3. The number of rotatable bonds is 7. The average molecular weight is 503 g/mol. The Labute approximate surface area is 207 Å². The summed E-state index contributed by atoms with van der Waals surface area (Å²) < 4.78 is 15.7. The summed E-state index contributed by atoms with van der Waals surface area (Å²) in [5.74, 6) is -7.87. The number of unbranched alkanes of at least 4 members (excludes halogenated alkanes) is 1. The van der Waals surface area contributed by atoms with Gasteiger partial charge in [-0.3, -0.25) is 19.3 Å². The fourth-order valence-electron chi connectivity index (χ4n) is 5.81. The summed E-state index contributed by atoms with van der Waals surface area (Å²) in [6.45, 7) is 5.70. The minimum atomic E-state index is -2.63. The SMILES string of the molecule is CCCCN(CC)Cc1cc(O)c2c(c1F)CC1C[C@H]3CC(O)=C(C(N)=O)C(=O)[C@@]3(O)C(O)=C1C2=O. The van der Waals surface area contributed by atoms with Crippen LogP contribution in [0, 0.1) is 17.7 Å². The summed E-state index contributed by atoms with van der Waals surface area (Å²) >= 11 is 0. The molecule has 6 N–H and O–H groups in total. The molecule has 0 saturated carbocycles. The summed E-state index contributed by atoms with van der Waals surface area (Å²) in [5.41, 5.74) is 1.38. The number of allylic oxidation sites excluding steroid dienone is 2. The van der Waals surface area contributed by atoms with Gasteiger partial charge in [-0.25, -0.2) is 4.39 Å². The first-order chi connectivity index (χ1) is 17.0. The van der Waals surface area contributed by atoms with Gasteiger partial charge in [-0.2, -0.15) is 0 Å². The Bertz CT molecular complexity index is 1220. The normalized spacial score (nSPS) is 25.7. The van der Waals surface area contributed by atoms with Crippen LogP contribution in [-0.2, 0) is 22.6 Å². The molecule has 1 aromatic rings. The zero-order chi connectivity index (χ0) is 26.5. The van der Waals surface area contributed by atoms with Gasteiger partial charge in [0.15, 0.2) is 11.4 Å². The molecule has 0 saturated heterocycles. The van der Waals surface area contributed by atoms with Crippen molar-refractivity contribution >= 4 is 17.5 Å². The van der Waals surface area contributed by atoms with E-state index >= 15 is 4.39 Å². The molecule has 1 unspecified atom stereocenters. The summed E-state index contributed by atoms with van der Waals surface area (Å²) in [7, 11) is 0. The Hall–Kier alpha value is -3.24. The Morgan fingerprint density at radius 2 is 1.92 bits per heavy atom. The number of primary amides is 1. The lowest BCUT2D eigenvalue weighted by Gasteiger charge is -2.45. The number of phenols is 1. The highest BCUT2D eigenvalue weighted by atomic mass is 19.1. The molecule has 4 rings (SSSR count). The van der Waals surface area contributed by atoms with Gasteiger partial charge in [0.25, 0.3) is 5.91 Å². The molecule has 9 nitrogen and oxygen atoms in total. The summed E-state index contributed by atoms with van der Waals surface area (Å²) in [6.07, 6.45) is 1.49. The summed E-state index contributed by atoms with van der Waals surface area (Å²) in [4.78, 5) is 40.1. The lowest BCUT2D eigenvalue weighted by atomic mass is 9.60. The molecule has 0 aliphatic heterocycles. The second-order valence-electron chi connectivity index (χ2n) is 9.86. The first-order valence-electron chi connectivity index (χ1n) is 12.2. The third-order valence-electron chi connectivity index (χ3n) is 7.74. The van der Waals surface area contributed by atoms with Gasteiger partial charge in [0.05, 0.1) is 5.56 Å². The van der Waals surface area contributed by atoms with Gasteiger partial charge < -0.3 is 26.2 Å². The fourth-order valence-corrected chi connectivity index (χ4v) is 5.81. The first-order valence-corrected chi connectivity index (χ1v) is 12.2. The third-order valence-corrected chi connectivity index (χ3v) is 7.74. The number of hydrogen-bond acceptors (Lipinski definition) is 8. The molecule has 0 radical (unpaired) electrons. The van der Waals surface area contributed by atoms with Crippen molar-refractivity contribution in [2.75, 3.05) is 13.1 Å². The predicted molar refractivity (Wildman–Crippen MR) is 127 cm³/mol. The number of amides is 1. The van der Waals surface area contributed by atoms with E-state index in [1.807, 2.05) is 11.8 Å². The second kappa shape index (κ2) is 9.33. The molecular weight excluding hydrogens is 471 g/mol. The summed E-state index contributed by atoms with van der Waals surface area (Å²) in [6, 6.07) is 1.21. The number of aliphatic hydroxyl groups excluding tert-OH is 2. The van der Waals surface area contributed by atoms with Crippen molar-refractivity contribution in [3.8, 4) is 5.75 Å². The number of phenolic OH excluding ortho intramolecular Hbond substituents is 1. The molecule has 1 aromatic carbocycles. The number of aromatic hydroxyl groups is 1. The molecule has 0 heterocycles. The standard InChI is InChI=1S/C26H31FN2O7/c1-3-5-6-29(4-2)11-13-9-16(30)19-15(21(13)27)8-12-7-14-10-17(31)20(25(28)35)24(34)26(14,36)23(33)18(12)22(19)32/h9,12,14,30-31,33,36H,3-8,10-11H2,1-2H3,(H2,28,35)/t12?,14-,26-/m0/s1. The van der Waals surface area contributed by atoms with E-state index in [1.165, 1.54) is 6.07 Å². The molecule has 0 fully saturated rings. The molecule has 1 amide bonds. The minimum Gasteiger partial charge on any atom is -0.511 e. The van der Waals surface area contributed by atoms with Gasteiger partial charge in [0.2, 0.25) is 5.78 Å². The average Bonchev–Trinajstić information content (AvgIpc) is 2.81. The van der Waals surface area contributed by atoms with Crippen LogP contribution in [0.1, 0.15) is 61.0 Å². The number of benzene rings is 1. The molecule has 194 valence electrons. The van der Waals surface area contributed by atoms with Crippen molar-refractivity contribution in [3.63, 3.8) is 0 Å². The van der Waals surface area contributed by atoms with Crippen LogP contribution < -0.4 is 5.73 Å². The Morgan fingerprint density at radius 3 is 2.53 bits per heavy atom. The van der Waals surface area contributed by atoms with Crippen LogP contribution in [0.5, 0.6) is 5.75 Å². The number of carbonyl (C=O) groups is 3. The molecule has 3 aliphatic carbocycles. The van der Waals surface area contributed by atoms with Crippen LogP contribution in [0.15, 0.2) is 28.7 Å². The topological polar surface area (TPSA) is 161 Å². The van der Waals surface area contributed by atoms with Crippen molar-refractivity contribution in [1.82, 2.24) is 4.90 Å². The zero-order valence-electron chi connectivity index (χ0n) is 20.3. The number of hydrogen-bond donors (Lipinski definition) is 5. The van der Waals surface area contributed by atoms with E-state index in [0.717, 1.165) is 19.4 Å². The maximum absolute atomic E-state index is 15.7. The number of halogens is 1. The fraction of sp³-hybridized carbons (Fsp3) is 0.500. The number of aliphatic hydroxyl groups is 3. The zero-order valence-corrected chi connectivity index (χ0v) is 20.3. The van der Waals surface area contributed by atoms with E-state index < -0.39 is 63.6 Å². The lowest BCUT2D eigenvalue weighted by molar-refractivity contribution is -0.144. The van der Waals surface area contributed by atoms with Gasteiger partial charge in [-0.15, -0.1) is 0 Å². The van der Waals surface area contributed by atoms with Crippen LogP contribution in [0.4, 0.5) is 4.39 Å². The maximum atomic E-state index is 15.7. The Kier molecular flexibility index (Phi) is 6.70. The van der Waals surface area contributed by atoms with E-state index in [9.17, 15) is 34.8 Å². The smallest absolute Gasteiger partial charge is 0.255 e. The van der Waals surface area contributed by atoms with Crippen LogP contribution in [0.25, 0.3) is 0 Å². The second-order valence-corrected chi connectivity index (χ2v) is 9.86. The molecule has 3 atom stereocenters. The van der Waals surface area contributed by atoms with Crippen molar-refractivity contribution < 1.29 is 39.2 Å². The van der Waals surface area contributed by atoms with Crippen LogP contribution >= 0.6 is 0 Å². The van der Waals surface area contributed by atoms with Crippen molar-refractivity contribution in [3.05, 3.63) is 51.2 Å². The van der Waals surface area contributed by atoms with Crippen molar-refractivity contribution in [2.45, 2.75) is 58.1 Å². The predicted octanol–water partition coefficient (Wildman–Crippen LogP) is 2.34. The third kappa shape index (κ3) is 3.79. The van der Waals surface area contributed by atoms with E-state index in [1.54, 1.807) is 0 Å². The van der Waals surface area contributed by atoms with Gasteiger partial charge >= 0.3 is 0 Å². The van der Waals surface area contributed by atoms with Gasteiger partial charge in [0.1, 0.15) is 28.7 Å². The Morgan fingerprint density at radius 1 is 1.22 bits per heavy atom. The van der Waals surface area contributed by atoms with Crippen molar-refractivity contribution in [1.29, 1.82) is 0 Å². The van der Waals surface area contributed by atoms with E-state index in [0.29, 0.717) is 6.54 Å². The van der Waals surface area contributed by atoms with Gasteiger partial charge in [-0.1, -0.05) is 20.3 Å². The molecule has 0 bridgehead atoms. The minimum absolute atomic E-state index is 0.0215. The van der Waals surface area contributed by atoms with Crippen LogP contribution in [-0.4, -0.2) is 61.5 Å². The van der Waals surface area contributed by atoms with Crippen molar-refractivity contribution in [2.24, 2.45) is 17.6 Å². The lowest BCUT2D eigenvalue weighted by Crippen LogP contribution is -2.57. The first kappa shape index (κ1) is 25.8. The molecule has 0 aromatic heterocycles. The highest BCUT2D eigenvalue weighted by molar-refractivity contribution is 6.24. The quantitative estimate of drug-likeness (QED) is 0.355. The van der Waals surface area contributed by atoms with E-state index in [-0.39, 0.29) is 48.1 Å². The molecule has 3 aliphatic rings. The highest BCUT2D eigenvalue weighted by Crippen LogP contribution is 2.51. The molecule has 36 heavy (non-hydrogen) atoms. The largest absolute Gasteiger partial charge is 0.511 e. The number of ketones is 2. The van der Waals surface area contributed by atoms with E-state index in [4.69, 9.17) is 5.73 Å². The molecular formula is C26H31FN2O7. The molecule has 10 heteroatoms. The number of nitrogens with two attached hydrogens (primary N) is 1. The van der Waals surface area contributed by atoms with Gasteiger partial charge in [-0.05, 0) is 44.3 Å². The summed E-state index contributed by atoms with van der Waals surface area (Å²) in [5, 5.41) is 43.2. The maximum Gasteiger partial charge on any atom is 0.255 e. The molecule has 0 spiro atoms. The number of carbonyl (C=O) groups excluding carboxylic acids is 3. The number of Topliss-reactive ketones (excluding diaryl/α,β-unsaturated/α-hetero) is 2. The number of nitrogens with zero attached hydrogens (tertiary/aromatic N) is 1. The van der Waals surface area contributed by atoms with Gasteiger partial charge in [0, 0.05) is 35.6 Å². The van der Waals surface area contributed by atoms with Crippen LogP contribution in [0.3, 0.4) is 0 Å². The van der Waals surface area contributed by atoms with E-state index in [2.05, 4.69) is 6.92 Å². The Balaban J connectivity index is 1.78. The monoisotopic (exact) mass is 502 g/mol.